The Hall–Kier alpha value is -1.88. The van der Waals surface area contributed by atoms with Gasteiger partial charge in [-0.3, -0.25) is 10.0 Å². The number of unbranched alkanes of at least 4 members (excludes halogenated alkanes) is 1. The average molecular weight is 310 g/mol. The van der Waals surface area contributed by atoms with Gasteiger partial charge in [0.05, 0.1) is 4.90 Å². The van der Waals surface area contributed by atoms with Crippen molar-refractivity contribution in [1.29, 1.82) is 0 Å². The van der Waals surface area contributed by atoms with Crippen LogP contribution in [0.1, 0.15) is 32.3 Å². The molecule has 1 atom stereocenters. The summed E-state index contributed by atoms with van der Waals surface area (Å²) in [5.41, 5.74) is 2.12. The highest BCUT2D eigenvalue weighted by Crippen LogP contribution is 2.10. The number of benzene rings is 1. The number of rotatable bonds is 5. The van der Waals surface area contributed by atoms with Crippen LogP contribution in [0.4, 0.5) is 0 Å². The summed E-state index contributed by atoms with van der Waals surface area (Å²) in [5, 5.41) is 8.46. The van der Waals surface area contributed by atoms with Crippen LogP contribution in [0.15, 0.2) is 29.2 Å². The summed E-state index contributed by atoms with van der Waals surface area (Å²) >= 11 is 0. The number of amides is 1. The van der Waals surface area contributed by atoms with E-state index in [0.29, 0.717) is 0 Å². The van der Waals surface area contributed by atoms with E-state index in [9.17, 15) is 13.2 Å². The van der Waals surface area contributed by atoms with Crippen LogP contribution in [-0.2, 0) is 14.8 Å². The highest BCUT2D eigenvalue weighted by molar-refractivity contribution is 7.89. The Bertz CT molecular complexity index is 642. The van der Waals surface area contributed by atoms with Gasteiger partial charge >= 0.3 is 0 Å². The van der Waals surface area contributed by atoms with Crippen molar-refractivity contribution in [2.45, 2.75) is 37.6 Å². The molecule has 0 aliphatic rings. The summed E-state index contributed by atoms with van der Waals surface area (Å²) in [5.74, 6) is 5.07. The maximum Gasteiger partial charge on any atom is 0.261 e. The molecule has 1 amide bonds. The fourth-order valence-electron chi connectivity index (χ4n) is 1.46. The maximum atomic E-state index is 12.0. The maximum absolute atomic E-state index is 12.0. The van der Waals surface area contributed by atoms with E-state index in [0.717, 1.165) is 18.4 Å². The van der Waals surface area contributed by atoms with Crippen molar-refractivity contribution >= 4 is 15.9 Å². The van der Waals surface area contributed by atoms with Gasteiger partial charge in [0.25, 0.3) is 5.91 Å². The first-order valence-electron chi connectivity index (χ1n) is 6.46. The Morgan fingerprint density at radius 1 is 1.33 bits per heavy atom. The molecule has 0 radical (unpaired) electrons. The molecule has 1 rings (SSSR count). The molecule has 0 bridgehead atoms. The lowest BCUT2D eigenvalue weighted by atomic mass is 10.2. The Balaban J connectivity index is 2.86. The number of hydroxylamine groups is 1. The molecular formula is C14H18N2O4S. The van der Waals surface area contributed by atoms with Crippen LogP contribution in [0.25, 0.3) is 0 Å². The molecule has 0 aromatic heterocycles. The van der Waals surface area contributed by atoms with Crippen molar-refractivity contribution in [3.8, 4) is 11.8 Å². The summed E-state index contributed by atoms with van der Waals surface area (Å²) in [7, 11) is -3.83. The van der Waals surface area contributed by atoms with E-state index in [1.807, 2.05) is 6.92 Å². The quantitative estimate of drug-likeness (QED) is 0.430. The number of hydrogen-bond acceptors (Lipinski definition) is 4. The third-order valence-corrected chi connectivity index (χ3v) is 4.16. The van der Waals surface area contributed by atoms with Crippen molar-refractivity contribution < 1.29 is 18.4 Å². The highest BCUT2D eigenvalue weighted by atomic mass is 32.2. The molecule has 1 unspecified atom stereocenters. The number of carbonyl (C=O) groups is 1. The molecule has 114 valence electrons. The number of sulfonamides is 1. The Labute approximate surface area is 124 Å². The number of nitrogens with one attached hydrogen (secondary N) is 2. The van der Waals surface area contributed by atoms with E-state index in [1.54, 1.807) is 12.1 Å². The Morgan fingerprint density at radius 3 is 2.48 bits per heavy atom. The summed E-state index contributed by atoms with van der Waals surface area (Å²) in [6.45, 7) is 3.35. The number of carbonyl (C=O) groups excluding carboxylic acids is 1. The van der Waals surface area contributed by atoms with E-state index in [4.69, 9.17) is 5.21 Å². The van der Waals surface area contributed by atoms with Gasteiger partial charge in [-0.2, -0.15) is 4.72 Å². The van der Waals surface area contributed by atoms with E-state index < -0.39 is 22.0 Å². The van der Waals surface area contributed by atoms with Crippen LogP contribution in [0, 0.1) is 11.8 Å². The average Bonchev–Trinajstić information content (AvgIpc) is 2.46. The summed E-state index contributed by atoms with van der Waals surface area (Å²) in [6.07, 6.45) is 1.75. The van der Waals surface area contributed by atoms with Gasteiger partial charge in [-0.1, -0.05) is 18.8 Å². The second kappa shape index (κ2) is 7.78. The van der Waals surface area contributed by atoms with Crippen LogP contribution in [0.2, 0.25) is 0 Å². The monoisotopic (exact) mass is 310 g/mol. The molecule has 0 spiro atoms. The van der Waals surface area contributed by atoms with Crippen LogP contribution >= 0.6 is 0 Å². The van der Waals surface area contributed by atoms with E-state index in [-0.39, 0.29) is 4.90 Å². The minimum Gasteiger partial charge on any atom is -0.289 e. The molecule has 7 heteroatoms. The van der Waals surface area contributed by atoms with Crippen molar-refractivity contribution in [2.75, 3.05) is 0 Å². The third kappa shape index (κ3) is 5.19. The second-order valence-corrected chi connectivity index (χ2v) is 6.11. The lowest BCUT2D eigenvalue weighted by Gasteiger charge is -2.12. The molecular weight excluding hydrogens is 292 g/mol. The molecule has 21 heavy (non-hydrogen) atoms. The molecule has 0 fully saturated rings. The van der Waals surface area contributed by atoms with Gasteiger partial charge in [0.1, 0.15) is 6.04 Å². The van der Waals surface area contributed by atoms with Gasteiger partial charge in [-0.05, 0) is 37.6 Å². The smallest absolute Gasteiger partial charge is 0.261 e. The summed E-state index contributed by atoms with van der Waals surface area (Å²) < 4.78 is 26.2. The second-order valence-electron chi connectivity index (χ2n) is 4.40. The normalized spacial score (nSPS) is 12.1. The van der Waals surface area contributed by atoms with Crippen LogP contribution in [-0.4, -0.2) is 25.6 Å². The molecule has 0 aliphatic carbocycles. The zero-order chi connectivity index (χ0) is 15.9. The first-order chi connectivity index (χ1) is 9.90. The largest absolute Gasteiger partial charge is 0.289 e. The van der Waals surface area contributed by atoms with Crippen LogP contribution in [0.5, 0.6) is 0 Å². The predicted octanol–water partition coefficient (Wildman–Crippen LogP) is 1.01. The van der Waals surface area contributed by atoms with Gasteiger partial charge in [0.15, 0.2) is 0 Å². The first kappa shape index (κ1) is 17.2. The molecule has 6 nitrogen and oxygen atoms in total. The molecule has 0 saturated heterocycles. The lowest BCUT2D eigenvalue weighted by Crippen LogP contribution is -2.43. The van der Waals surface area contributed by atoms with Crippen molar-refractivity contribution in [2.24, 2.45) is 0 Å². The molecule has 0 heterocycles. The van der Waals surface area contributed by atoms with Gasteiger partial charge in [-0.25, -0.2) is 13.9 Å². The van der Waals surface area contributed by atoms with Gasteiger partial charge in [-0.15, -0.1) is 0 Å². The molecule has 0 saturated carbocycles. The van der Waals surface area contributed by atoms with E-state index in [2.05, 4.69) is 16.6 Å². The van der Waals surface area contributed by atoms with E-state index >= 15 is 0 Å². The molecule has 1 aromatic rings. The first-order valence-corrected chi connectivity index (χ1v) is 7.94. The molecule has 1 aromatic carbocycles. The highest BCUT2D eigenvalue weighted by Gasteiger charge is 2.21. The molecule has 0 aliphatic heterocycles. The van der Waals surface area contributed by atoms with Gasteiger partial charge in [0.2, 0.25) is 10.0 Å². The number of hydrogen-bond donors (Lipinski definition) is 3. The van der Waals surface area contributed by atoms with E-state index in [1.165, 1.54) is 24.5 Å². The third-order valence-electron chi connectivity index (χ3n) is 2.61. The van der Waals surface area contributed by atoms with Crippen molar-refractivity contribution in [3.05, 3.63) is 29.8 Å². The Morgan fingerprint density at radius 2 is 1.95 bits per heavy atom. The zero-order valence-corrected chi connectivity index (χ0v) is 12.7. The standard InChI is InChI=1S/C14H18N2O4S/c1-3-4-5-6-12-7-9-13(10-8-12)21(19,20)16-11(2)14(17)15-18/h7-11,16,18H,3-4H2,1-2H3,(H,15,17). The fourth-order valence-corrected chi connectivity index (χ4v) is 2.66. The van der Waals surface area contributed by atoms with Gasteiger partial charge < -0.3 is 0 Å². The zero-order valence-electron chi connectivity index (χ0n) is 11.9. The lowest BCUT2D eigenvalue weighted by molar-refractivity contribution is -0.130. The minimum atomic E-state index is -3.83. The minimum absolute atomic E-state index is 0.0288. The summed E-state index contributed by atoms with van der Waals surface area (Å²) in [6, 6.07) is 4.97. The van der Waals surface area contributed by atoms with Crippen molar-refractivity contribution in [1.82, 2.24) is 10.2 Å². The topological polar surface area (TPSA) is 95.5 Å². The van der Waals surface area contributed by atoms with Gasteiger partial charge in [0, 0.05) is 12.0 Å². The fraction of sp³-hybridized carbons (Fsp3) is 0.357. The summed E-state index contributed by atoms with van der Waals surface area (Å²) in [4.78, 5) is 11.1. The molecule has 3 N–H and O–H groups in total. The van der Waals surface area contributed by atoms with Crippen LogP contribution in [0.3, 0.4) is 0 Å². The van der Waals surface area contributed by atoms with Crippen molar-refractivity contribution in [3.63, 3.8) is 0 Å². The Kier molecular flexibility index (Phi) is 6.37. The van der Waals surface area contributed by atoms with Crippen LogP contribution < -0.4 is 10.2 Å². The predicted molar refractivity (Wildman–Crippen MR) is 77.9 cm³/mol. The SMILES string of the molecule is CCCC#Cc1ccc(S(=O)(=O)NC(C)C(=O)NO)cc1.